The Morgan fingerprint density at radius 3 is 2.44 bits per heavy atom. The van der Waals surface area contributed by atoms with Crippen molar-refractivity contribution in [2.45, 2.75) is 40.3 Å². The predicted octanol–water partition coefficient (Wildman–Crippen LogP) is 7.26. The zero-order valence-electron chi connectivity index (χ0n) is 20.4. The molecular formula is C28H25F3N4O. The second-order valence-corrected chi connectivity index (χ2v) is 8.64. The molecule has 5 rings (SSSR count). The fourth-order valence-electron chi connectivity index (χ4n) is 4.02. The van der Waals surface area contributed by atoms with Crippen LogP contribution in [0.2, 0.25) is 0 Å². The molecule has 36 heavy (non-hydrogen) atoms. The van der Waals surface area contributed by atoms with E-state index in [1.165, 1.54) is 36.6 Å². The van der Waals surface area contributed by atoms with Gasteiger partial charge in [0.2, 0.25) is 0 Å². The molecule has 0 radical (unpaired) electrons. The van der Waals surface area contributed by atoms with Gasteiger partial charge in [-0.1, -0.05) is 19.1 Å². The first-order valence-corrected chi connectivity index (χ1v) is 11.4. The van der Waals surface area contributed by atoms with Crippen molar-refractivity contribution in [2.24, 2.45) is 0 Å². The molecule has 3 heterocycles. The fourth-order valence-corrected chi connectivity index (χ4v) is 4.02. The Labute approximate surface area is 206 Å². The molecule has 0 saturated heterocycles. The molecule has 0 saturated carbocycles. The van der Waals surface area contributed by atoms with Gasteiger partial charge >= 0.3 is 6.18 Å². The topological polar surface area (TPSA) is 71.5 Å². The summed E-state index contributed by atoms with van der Waals surface area (Å²) in [7, 11) is 0. The summed E-state index contributed by atoms with van der Waals surface area (Å²) in [5.41, 5.74) is 6.37. The number of halogens is 3. The number of nitrogens with zero attached hydrogens (tertiary/aromatic N) is 3. The van der Waals surface area contributed by atoms with Gasteiger partial charge in [-0.25, -0.2) is 9.97 Å². The molecule has 0 aliphatic rings. The van der Waals surface area contributed by atoms with Crippen molar-refractivity contribution in [3.63, 3.8) is 0 Å². The summed E-state index contributed by atoms with van der Waals surface area (Å²) in [6.07, 6.45) is 1.97. The maximum absolute atomic E-state index is 12.3. The molecule has 8 heteroatoms. The smallest absolute Gasteiger partial charge is 0.339 e. The molecule has 0 spiro atoms. The second-order valence-electron chi connectivity index (χ2n) is 8.64. The van der Waals surface area contributed by atoms with E-state index < -0.39 is 11.7 Å². The summed E-state index contributed by atoms with van der Waals surface area (Å²) in [4.78, 5) is 27.2. The summed E-state index contributed by atoms with van der Waals surface area (Å²) in [6, 6.07) is 12.0. The van der Waals surface area contributed by atoms with Gasteiger partial charge in [0.15, 0.2) is 5.78 Å². The van der Waals surface area contributed by atoms with Crippen LogP contribution >= 0.6 is 0 Å². The number of carbonyl (C=O) groups excluding carboxylic acids is 1. The van der Waals surface area contributed by atoms with E-state index in [-0.39, 0.29) is 11.3 Å². The van der Waals surface area contributed by atoms with Gasteiger partial charge in [0.25, 0.3) is 0 Å². The first-order valence-electron chi connectivity index (χ1n) is 11.4. The molecule has 0 unspecified atom stereocenters. The number of nitrogens with one attached hydrogen (secondary N) is 1. The highest BCUT2D eigenvalue weighted by Gasteiger charge is 2.31. The Bertz CT molecular complexity index is 1570. The average molecular weight is 491 g/mol. The average Bonchev–Trinajstić information content (AvgIpc) is 3.21. The van der Waals surface area contributed by atoms with Gasteiger partial charge in [-0.2, -0.15) is 13.2 Å². The number of rotatable bonds is 3. The number of carbonyl (C=O) groups is 1. The Hall–Kier alpha value is -4.07. The Morgan fingerprint density at radius 1 is 0.972 bits per heavy atom. The molecule has 5 aromatic rings. The lowest BCUT2D eigenvalue weighted by atomic mass is 10.0. The van der Waals surface area contributed by atoms with Crippen LogP contribution in [0.4, 0.5) is 13.2 Å². The quantitative estimate of drug-likeness (QED) is 0.270. The van der Waals surface area contributed by atoms with Gasteiger partial charge in [-0.05, 0) is 74.2 Å². The summed E-state index contributed by atoms with van der Waals surface area (Å²) < 4.78 is 36.9. The van der Waals surface area contributed by atoms with Gasteiger partial charge < -0.3 is 4.98 Å². The van der Waals surface area contributed by atoms with Crippen molar-refractivity contribution in [1.82, 2.24) is 19.9 Å². The highest BCUT2D eigenvalue weighted by atomic mass is 19.4. The number of pyridine rings is 1. The van der Waals surface area contributed by atoms with Crippen LogP contribution in [0.25, 0.3) is 33.1 Å². The van der Waals surface area contributed by atoms with Crippen molar-refractivity contribution in [2.75, 3.05) is 0 Å². The van der Waals surface area contributed by atoms with E-state index in [1.807, 2.05) is 12.4 Å². The van der Waals surface area contributed by atoms with Gasteiger partial charge in [-0.15, -0.1) is 0 Å². The number of aryl methyl sites for hydroxylation is 3. The summed E-state index contributed by atoms with van der Waals surface area (Å²) in [6.45, 7) is 6.97. The summed E-state index contributed by atoms with van der Waals surface area (Å²) in [5.74, 6) is -0.362. The number of Topliss-reactive ketones (excluding diaryl/α,β-unsaturated/α-hetero) is 1. The summed E-state index contributed by atoms with van der Waals surface area (Å²) in [5, 5.41) is 2.21. The molecule has 0 aliphatic heterocycles. The third-order valence-corrected chi connectivity index (χ3v) is 5.95. The lowest BCUT2D eigenvalue weighted by Gasteiger charge is -2.08. The number of ketones is 1. The molecule has 0 amide bonds. The van der Waals surface area contributed by atoms with Crippen molar-refractivity contribution in [3.8, 4) is 11.1 Å². The molecule has 0 atom stereocenters. The van der Waals surface area contributed by atoms with Gasteiger partial charge in [-0.3, -0.25) is 9.78 Å². The lowest BCUT2D eigenvalue weighted by molar-refractivity contribution is -0.137. The Morgan fingerprint density at radius 2 is 1.75 bits per heavy atom. The molecule has 184 valence electrons. The third-order valence-electron chi connectivity index (χ3n) is 5.95. The van der Waals surface area contributed by atoms with E-state index in [1.54, 1.807) is 6.33 Å². The van der Waals surface area contributed by atoms with Crippen LogP contribution in [-0.4, -0.2) is 25.7 Å². The Kier molecular flexibility index (Phi) is 6.88. The Balaban J connectivity index is 0.000000189. The highest BCUT2D eigenvalue weighted by molar-refractivity contribution is 6.06. The van der Waals surface area contributed by atoms with Crippen molar-refractivity contribution < 1.29 is 18.0 Å². The monoisotopic (exact) mass is 490 g/mol. The number of H-pyrrole nitrogens is 1. The third kappa shape index (κ3) is 5.27. The van der Waals surface area contributed by atoms with Crippen LogP contribution in [0.3, 0.4) is 0 Å². The zero-order chi connectivity index (χ0) is 26.0. The van der Waals surface area contributed by atoms with E-state index in [0.29, 0.717) is 5.56 Å². The maximum Gasteiger partial charge on any atom is 0.416 e. The van der Waals surface area contributed by atoms with E-state index in [0.717, 1.165) is 46.2 Å². The first-order chi connectivity index (χ1) is 17.1. The zero-order valence-corrected chi connectivity index (χ0v) is 20.4. The van der Waals surface area contributed by atoms with E-state index in [4.69, 9.17) is 0 Å². The largest absolute Gasteiger partial charge is 0.416 e. The van der Waals surface area contributed by atoms with Crippen molar-refractivity contribution in [3.05, 3.63) is 89.1 Å². The van der Waals surface area contributed by atoms with E-state index in [9.17, 15) is 18.0 Å². The molecule has 3 aromatic heterocycles. The van der Waals surface area contributed by atoms with Crippen LogP contribution in [0, 0.1) is 13.8 Å². The standard InChI is InChI=1S/C18H16N4.C10H9F3O/c1-3-12-6-15(11(2)20-8-12)13-4-5-14-16-9-19-10-21-18(16)22-17(14)7-13;1-6-3-8(7(2)14)5-9(4-6)10(11,12)13/h4-10H,3H2,1-2H3,(H,19,21,22);3-5H,1-2H3. The molecule has 5 nitrogen and oxygen atoms in total. The number of hydrogen-bond acceptors (Lipinski definition) is 4. The van der Waals surface area contributed by atoms with Crippen LogP contribution < -0.4 is 0 Å². The number of alkyl halides is 3. The van der Waals surface area contributed by atoms with Crippen LogP contribution in [0.5, 0.6) is 0 Å². The molecule has 0 fully saturated rings. The molecular weight excluding hydrogens is 465 g/mol. The predicted molar refractivity (Wildman–Crippen MR) is 135 cm³/mol. The highest BCUT2D eigenvalue weighted by Crippen LogP contribution is 2.31. The van der Waals surface area contributed by atoms with Gasteiger partial charge in [0, 0.05) is 45.5 Å². The van der Waals surface area contributed by atoms with Gasteiger partial charge in [0.1, 0.15) is 12.0 Å². The number of hydrogen-bond donors (Lipinski definition) is 1. The van der Waals surface area contributed by atoms with Gasteiger partial charge in [0.05, 0.1) is 5.56 Å². The number of benzene rings is 2. The van der Waals surface area contributed by atoms with E-state index >= 15 is 0 Å². The van der Waals surface area contributed by atoms with E-state index in [2.05, 4.69) is 58.0 Å². The van der Waals surface area contributed by atoms with Crippen molar-refractivity contribution >= 4 is 27.7 Å². The number of aromatic amines is 1. The van der Waals surface area contributed by atoms with Crippen LogP contribution in [-0.2, 0) is 12.6 Å². The molecule has 2 aromatic carbocycles. The van der Waals surface area contributed by atoms with Crippen LogP contribution in [0.15, 0.2) is 61.2 Å². The normalized spacial score (nSPS) is 11.4. The maximum atomic E-state index is 12.3. The SMILES string of the molecule is CC(=O)c1cc(C)cc(C(F)(F)F)c1.CCc1cnc(C)c(-c2ccc3c(c2)[nH]c2ncncc23)c1. The minimum Gasteiger partial charge on any atom is -0.339 e. The minimum atomic E-state index is -4.39. The lowest BCUT2D eigenvalue weighted by Crippen LogP contribution is -2.07. The second kappa shape index (κ2) is 9.89. The van der Waals surface area contributed by atoms with Crippen LogP contribution in [0.1, 0.15) is 46.6 Å². The number of aromatic nitrogens is 4. The first kappa shape index (κ1) is 25.0. The molecule has 1 N–H and O–H groups in total. The molecule has 0 bridgehead atoms. The number of fused-ring (bicyclic) bond motifs is 3. The minimum absolute atomic E-state index is 0.0947. The molecule has 0 aliphatic carbocycles. The summed E-state index contributed by atoms with van der Waals surface area (Å²) >= 11 is 0. The van der Waals surface area contributed by atoms with Crippen molar-refractivity contribution in [1.29, 1.82) is 0 Å². The fraction of sp³-hybridized carbons (Fsp3) is 0.214.